The molecule has 2 fully saturated rings. The summed E-state index contributed by atoms with van der Waals surface area (Å²) in [4.78, 5) is 12.6. The molecule has 0 bridgehead atoms. The summed E-state index contributed by atoms with van der Waals surface area (Å²) in [6, 6.07) is 8.58. The lowest BCUT2D eigenvalue weighted by Gasteiger charge is -2.47. The largest absolute Gasteiger partial charge is 0.487 e. The van der Waals surface area contributed by atoms with E-state index in [4.69, 9.17) is 19.5 Å². The van der Waals surface area contributed by atoms with E-state index in [1.807, 2.05) is 37.0 Å². The summed E-state index contributed by atoms with van der Waals surface area (Å²) in [5.41, 5.74) is 3.31. The Hall–Kier alpha value is -2.45. The fourth-order valence-corrected chi connectivity index (χ4v) is 5.91. The molecule has 3 aliphatic heterocycles. The van der Waals surface area contributed by atoms with Crippen LogP contribution in [0.5, 0.6) is 0 Å². The van der Waals surface area contributed by atoms with Gasteiger partial charge in [0.15, 0.2) is 11.6 Å². The number of hydrogen-bond donors (Lipinski definition) is 1. The summed E-state index contributed by atoms with van der Waals surface area (Å²) in [5, 5.41) is 3.27. The number of amidine groups is 1. The molecule has 0 saturated carbocycles. The Kier molecular flexibility index (Phi) is 6.14. The maximum atomic E-state index is 6.56. The van der Waals surface area contributed by atoms with Gasteiger partial charge in [0.2, 0.25) is 5.95 Å². The average Bonchev–Trinajstić information content (AvgIpc) is 3.20. The van der Waals surface area contributed by atoms with Gasteiger partial charge in [-0.1, -0.05) is 19.1 Å². The van der Waals surface area contributed by atoms with E-state index < -0.39 is 0 Å². The van der Waals surface area contributed by atoms with E-state index in [2.05, 4.69) is 60.9 Å². The number of benzene rings is 1. The Morgan fingerprint density at radius 3 is 2.71 bits per heavy atom. The van der Waals surface area contributed by atoms with Crippen molar-refractivity contribution in [1.82, 2.24) is 14.5 Å². The molecular formula is C26H35N5O2S. The first-order valence-electron chi connectivity index (χ1n) is 12.1. The van der Waals surface area contributed by atoms with E-state index in [1.165, 1.54) is 5.57 Å². The number of imidazole rings is 1. The van der Waals surface area contributed by atoms with Crippen molar-refractivity contribution < 1.29 is 9.47 Å². The first kappa shape index (κ1) is 23.3. The Bertz CT molecular complexity index is 1180. The van der Waals surface area contributed by atoms with Crippen molar-refractivity contribution in [2.75, 3.05) is 38.4 Å². The Morgan fingerprint density at radius 1 is 1.15 bits per heavy atom. The molecule has 0 spiro atoms. The number of fused-ring (bicyclic) bond motifs is 4. The first-order chi connectivity index (χ1) is 16.4. The number of nitrogens with one attached hydrogen (secondary N) is 1. The zero-order valence-corrected chi connectivity index (χ0v) is 21.8. The lowest BCUT2D eigenvalue weighted by atomic mass is 9.85. The van der Waals surface area contributed by atoms with Crippen LogP contribution < -0.4 is 5.32 Å². The van der Waals surface area contributed by atoms with Gasteiger partial charge in [-0.05, 0) is 63.1 Å². The maximum Gasteiger partial charge on any atom is 0.209 e. The number of allylic oxidation sites excluding steroid dienone is 1. The van der Waals surface area contributed by atoms with E-state index in [-0.39, 0.29) is 16.8 Å². The summed E-state index contributed by atoms with van der Waals surface area (Å²) in [5.74, 6) is 3.82. The highest BCUT2D eigenvalue weighted by Crippen LogP contribution is 2.43. The molecule has 2 saturated heterocycles. The van der Waals surface area contributed by atoms with Crippen LogP contribution >= 0.6 is 11.8 Å². The molecule has 7 nitrogen and oxygen atoms in total. The van der Waals surface area contributed by atoms with Crippen molar-refractivity contribution in [3.8, 4) is 0 Å². The third kappa shape index (κ3) is 3.81. The van der Waals surface area contributed by atoms with Gasteiger partial charge in [-0.25, -0.2) is 9.98 Å². The van der Waals surface area contributed by atoms with Gasteiger partial charge in [-0.15, -0.1) is 0 Å². The zero-order chi connectivity index (χ0) is 24.0. The molecule has 1 N–H and O–H groups in total. The van der Waals surface area contributed by atoms with Crippen LogP contribution in [0.4, 0.5) is 5.95 Å². The second kappa shape index (κ2) is 8.96. The summed E-state index contributed by atoms with van der Waals surface area (Å²) in [7, 11) is 1.91. The van der Waals surface area contributed by atoms with Crippen LogP contribution in [0.2, 0.25) is 0 Å². The van der Waals surface area contributed by atoms with Crippen LogP contribution in [0.25, 0.3) is 16.9 Å². The zero-order valence-electron chi connectivity index (χ0n) is 21.0. The number of nitrogens with zero attached hydrogens (tertiary/aromatic N) is 4. The third-order valence-corrected chi connectivity index (χ3v) is 8.43. The first-order valence-corrected chi connectivity index (χ1v) is 13.3. The third-order valence-electron chi connectivity index (χ3n) is 7.19. The molecule has 3 aliphatic rings. The number of aliphatic imine (C=N–C) groups is 1. The number of aromatic nitrogens is 2. The number of hydrogen-bond acceptors (Lipinski definition) is 7. The molecule has 4 heterocycles. The van der Waals surface area contributed by atoms with Gasteiger partial charge in [-0.2, -0.15) is 11.8 Å². The van der Waals surface area contributed by atoms with Crippen molar-refractivity contribution in [2.45, 2.75) is 50.9 Å². The van der Waals surface area contributed by atoms with Crippen LogP contribution in [0.15, 0.2) is 46.7 Å². The van der Waals surface area contributed by atoms with Crippen LogP contribution in [-0.2, 0) is 9.47 Å². The summed E-state index contributed by atoms with van der Waals surface area (Å²) in [6.45, 7) is 11.1. The number of thioether (sulfide) groups is 1. The van der Waals surface area contributed by atoms with Gasteiger partial charge in [0.1, 0.15) is 12.4 Å². The summed E-state index contributed by atoms with van der Waals surface area (Å²) < 4.78 is 14.5. The van der Waals surface area contributed by atoms with E-state index in [9.17, 15) is 0 Å². The smallest absolute Gasteiger partial charge is 0.209 e. The minimum atomic E-state index is -0.0684. The second-order valence-electron chi connectivity index (χ2n) is 9.86. The van der Waals surface area contributed by atoms with Crippen LogP contribution in [-0.4, -0.2) is 70.2 Å². The Balaban J connectivity index is 1.76. The van der Waals surface area contributed by atoms with Crippen molar-refractivity contribution >= 4 is 40.4 Å². The van der Waals surface area contributed by atoms with E-state index in [0.29, 0.717) is 25.7 Å². The fourth-order valence-electron chi connectivity index (χ4n) is 5.39. The molecule has 3 atom stereocenters. The van der Waals surface area contributed by atoms with Gasteiger partial charge in [0.05, 0.1) is 36.3 Å². The molecule has 1 aromatic heterocycles. The lowest BCUT2D eigenvalue weighted by Crippen LogP contribution is -2.59. The SMILES string of the molecule is CNc1nc2ccccc2n1C1=C/CC(C)/C(C(C)(C)SC)=C2/OC[C@@H]3COC[C@@H](C)N3/C2=N/1. The normalized spacial score (nSPS) is 30.8. The predicted octanol–water partition coefficient (Wildman–Crippen LogP) is 4.83. The highest BCUT2D eigenvalue weighted by atomic mass is 32.2. The van der Waals surface area contributed by atoms with Crippen molar-refractivity contribution in [3.63, 3.8) is 0 Å². The van der Waals surface area contributed by atoms with E-state index in [1.54, 1.807) is 0 Å². The van der Waals surface area contributed by atoms with Crippen LogP contribution in [0.3, 0.4) is 0 Å². The summed E-state index contributed by atoms with van der Waals surface area (Å²) in [6.07, 6.45) is 5.31. The topological polar surface area (TPSA) is 63.9 Å². The molecule has 1 aromatic carbocycles. The molecule has 8 heteroatoms. The van der Waals surface area contributed by atoms with Gasteiger partial charge in [-0.3, -0.25) is 4.57 Å². The number of morpholine rings is 2. The van der Waals surface area contributed by atoms with Gasteiger partial charge >= 0.3 is 0 Å². The fraction of sp³-hybridized carbons (Fsp3) is 0.538. The minimum absolute atomic E-state index is 0.0684. The maximum absolute atomic E-state index is 6.56. The highest BCUT2D eigenvalue weighted by molar-refractivity contribution is 8.00. The predicted molar refractivity (Wildman–Crippen MR) is 141 cm³/mol. The monoisotopic (exact) mass is 481 g/mol. The average molecular weight is 482 g/mol. The molecular weight excluding hydrogens is 446 g/mol. The molecule has 182 valence electrons. The molecule has 1 unspecified atom stereocenters. The van der Waals surface area contributed by atoms with Crippen LogP contribution in [0, 0.1) is 5.92 Å². The van der Waals surface area contributed by atoms with Crippen LogP contribution in [0.1, 0.15) is 34.1 Å². The van der Waals surface area contributed by atoms with Gasteiger partial charge in [0.25, 0.3) is 0 Å². The number of anilines is 1. The quantitative estimate of drug-likeness (QED) is 0.675. The van der Waals surface area contributed by atoms with Crippen molar-refractivity contribution in [3.05, 3.63) is 41.7 Å². The van der Waals surface area contributed by atoms with Gasteiger partial charge < -0.3 is 19.7 Å². The molecule has 0 amide bonds. The molecule has 0 aliphatic carbocycles. The standard InChI is InChI=1S/C26H35N5O2S/c1-16-11-12-21(31-20-10-8-7-9-19(20)28-25(31)27-5)29-24-23(22(16)26(3,4)34-6)33-15-18-14-32-13-17(2)30(18)24/h7-10,12,16-18H,11,13-15H2,1-6H3,(H,27,28)/b21-12-,23-22-,29-24+/t16?,17-,18+/m1/s1. The lowest BCUT2D eigenvalue weighted by molar-refractivity contribution is -0.0436. The molecule has 34 heavy (non-hydrogen) atoms. The van der Waals surface area contributed by atoms with Gasteiger partial charge in [0, 0.05) is 11.8 Å². The Morgan fingerprint density at radius 2 is 1.94 bits per heavy atom. The number of rotatable bonds is 4. The molecule has 0 radical (unpaired) electrons. The molecule has 2 aromatic rings. The number of para-hydroxylation sites is 2. The van der Waals surface area contributed by atoms with Crippen molar-refractivity contribution in [2.24, 2.45) is 10.9 Å². The van der Waals surface area contributed by atoms with E-state index in [0.717, 1.165) is 40.8 Å². The summed E-state index contributed by atoms with van der Waals surface area (Å²) >= 11 is 1.86. The van der Waals surface area contributed by atoms with Crippen molar-refractivity contribution in [1.29, 1.82) is 0 Å². The second-order valence-corrected chi connectivity index (χ2v) is 11.3. The molecule has 5 rings (SSSR count). The minimum Gasteiger partial charge on any atom is -0.487 e. The number of ether oxygens (including phenoxy) is 2. The highest BCUT2D eigenvalue weighted by Gasteiger charge is 2.42. The van der Waals surface area contributed by atoms with E-state index >= 15 is 0 Å². The Labute approximate surface area is 206 Å².